The molecule has 2 rings (SSSR count). The largest absolute Gasteiger partial charge is 0.396 e. The van der Waals surface area contributed by atoms with Crippen molar-refractivity contribution < 1.29 is 9.50 Å². The Morgan fingerprint density at radius 1 is 1.00 bits per heavy atom. The van der Waals surface area contributed by atoms with Gasteiger partial charge in [0.15, 0.2) is 0 Å². The monoisotopic (exact) mass is 400 g/mol. The summed E-state index contributed by atoms with van der Waals surface area (Å²) < 4.78 is 15.0. The molecule has 0 fully saturated rings. The molecule has 0 aliphatic heterocycles. The molecule has 0 saturated carbocycles. The van der Waals surface area contributed by atoms with E-state index in [0.717, 1.165) is 16.5 Å². The third-order valence-electron chi connectivity index (χ3n) is 3.24. The Morgan fingerprint density at radius 2 is 1.70 bits per heavy atom. The van der Waals surface area contributed by atoms with Crippen LogP contribution in [0.25, 0.3) is 0 Å². The van der Waals surface area contributed by atoms with Crippen LogP contribution in [0, 0.1) is 11.7 Å². The van der Waals surface area contributed by atoms with Gasteiger partial charge in [-0.3, -0.25) is 0 Å². The summed E-state index contributed by atoms with van der Waals surface area (Å²) in [6, 6.07) is 13.1. The Morgan fingerprint density at radius 3 is 2.35 bits per heavy atom. The molecule has 20 heavy (non-hydrogen) atoms. The van der Waals surface area contributed by atoms with E-state index >= 15 is 0 Å². The van der Waals surface area contributed by atoms with Crippen molar-refractivity contribution in [2.45, 2.75) is 12.8 Å². The molecule has 0 spiro atoms. The Hall–Kier alpha value is -0.710. The highest BCUT2D eigenvalue weighted by atomic mass is 79.9. The van der Waals surface area contributed by atoms with E-state index in [1.54, 1.807) is 6.07 Å². The molecule has 1 atom stereocenters. The molecule has 0 amide bonds. The van der Waals surface area contributed by atoms with Crippen LogP contribution >= 0.6 is 31.9 Å². The predicted octanol–water partition coefficient (Wildman–Crippen LogP) is 4.74. The third kappa shape index (κ3) is 4.14. The molecule has 0 aliphatic rings. The molecule has 2 aromatic rings. The van der Waals surface area contributed by atoms with Crippen LogP contribution in [0.3, 0.4) is 0 Å². The summed E-state index contributed by atoms with van der Waals surface area (Å²) in [5.41, 5.74) is 2.06. The topological polar surface area (TPSA) is 20.2 Å². The lowest BCUT2D eigenvalue weighted by atomic mass is 9.93. The summed E-state index contributed by atoms with van der Waals surface area (Å²) in [6.45, 7) is 0.0824. The fraction of sp³-hybridized carbons (Fsp3) is 0.250. The normalized spacial score (nSPS) is 12.4. The number of benzene rings is 2. The molecule has 0 aliphatic carbocycles. The third-order valence-corrected chi connectivity index (χ3v) is 4.65. The van der Waals surface area contributed by atoms with Crippen molar-refractivity contribution in [3.63, 3.8) is 0 Å². The molecule has 4 heteroatoms. The minimum atomic E-state index is -0.261. The lowest BCUT2D eigenvalue weighted by molar-refractivity contribution is 0.224. The van der Waals surface area contributed by atoms with E-state index in [-0.39, 0.29) is 18.3 Å². The number of hydrogen-bond donors (Lipinski definition) is 1. The highest BCUT2D eigenvalue weighted by Crippen LogP contribution is 2.24. The van der Waals surface area contributed by atoms with Crippen LogP contribution < -0.4 is 0 Å². The van der Waals surface area contributed by atoms with Gasteiger partial charge in [0.25, 0.3) is 0 Å². The maximum Gasteiger partial charge on any atom is 0.137 e. The second-order valence-electron chi connectivity index (χ2n) is 4.80. The maximum absolute atomic E-state index is 13.5. The highest BCUT2D eigenvalue weighted by molar-refractivity contribution is 9.10. The zero-order valence-electron chi connectivity index (χ0n) is 10.8. The van der Waals surface area contributed by atoms with Crippen LogP contribution in [0.1, 0.15) is 11.1 Å². The average molecular weight is 402 g/mol. The summed E-state index contributed by atoms with van der Waals surface area (Å²) in [6.07, 6.45) is 1.41. The van der Waals surface area contributed by atoms with Crippen molar-refractivity contribution in [3.8, 4) is 0 Å². The van der Waals surface area contributed by atoms with Crippen molar-refractivity contribution in [2.24, 2.45) is 5.92 Å². The van der Waals surface area contributed by atoms with E-state index < -0.39 is 0 Å². The van der Waals surface area contributed by atoms with Gasteiger partial charge in [-0.1, -0.05) is 40.2 Å². The number of halogens is 3. The molecule has 106 valence electrons. The van der Waals surface area contributed by atoms with E-state index in [0.29, 0.717) is 10.9 Å². The van der Waals surface area contributed by atoms with Crippen molar-refractivity contribution in [2.75, 3.05) is 6.61 Å². The molecule has 0 bridgehead atoms. The van der Waals surface area contributed by atoms with Crippen molar-refractivity contribution in [1.82, 2.24) is 0 Å². The van der Waals surface area contributed by atoms with Crippen LogP contribution in [0.2, 0.25) is 0 Å². The van der Waals surface area contributed by atoms with Crippen molar-refractivity contribution in [3.05, 3.63) is 68.4 Å². The predicted molar refractivity (Wildman–Crippen MR) is 86.2 cm³/mol. The van der Waals surface area contributed by atoms with E-state index in [1.165, 1.54) is 11.6 Å². The van der Waals surface area contributed by atoms with Crippen LogP contribution in [-0.2, 0) is 12.8 Å². The Bertz CT molecular complexity index is 569. The summed E-state index contributed by atoms with van der Waals surface area (Å²) in [7, 11) is 0. The molecule has 0 saturated heterocycles. The van der Waals surface area contributed by atoms with Gasteiger partial charge in [0.1, 0.15) is 5.82 Å². The SMILES string of the molecule is OCC(Cc1ccc(Br)cc1)Cc1cccc(F)c1Br. The first kappa shape index (κ1) is 15.7. The number of aliphatic hydroxyl groups excluding tert-OH is 1. The molecule has 0 heterocycles. The van der Waals surface area contributed by atoms with E-state index in [4.69, 9.17) is 0 Å². The lowest BCUT2D eigenvalue weighted by Gasteiger charge is -2.15. The minimum Gasteiger partial charge on any atom is -0.396 e. The van der Waals surface area contributed by atoms with E-state index in [1.807, 2.05) is 30.3 Å². The number of aliphatic hydroxyl groups is 1. The standard InChI is InChI=1S/C16H15Br2FO/c17-14-6-4-11(5-7-14)8-12(10-20)9-13-2-1-3-15(19)16(13)18/h1-7,12,20H,8-10H2. The molecule has 0 radical (unpaired) electrons. The summed E-state index contributed by atoms with van der Waals surface area (Å²) >= 11 is 6.67. The van der Waals surface area contributed by atoms with Gasteiger partial charge in [-0.2, -0.15) is 0 Å². The molecule has 1 N–H and O–H groups in total. The van der Waals surface area contributed by atoms with Gasteiger partial charge >= 0.3 is 0 Å². The fourth-order valence-electron chi connectivity index (χ4n) is 2.17. The maximum atomic E-state index is 13.5. The Kier molecular flexibility index (Phi) is 5.75. The minimum absolute atomic E-state index is 0.0780. The second-order valence-corrected chi connectivity index (χ2v) is 6.50. The molecule has 1 nitrogen and oxygen atoms in total. The van der Waals surface area contributed by atoms with Gasteiger partial charge in [-0.15, -0.1) is 0 Å². The van der Waals surface area contributed by atoms with Gasteiger partial charge < -0.3 is 5.11 Å². The smallest absolute Gasteiger partial charge is 0.137 e. The second kappa shape index (κ2) is 7.34. The highest BCUT2D eigenvalue weighted by Gasteiger charge is 2.13. The molecule has 1 unspecified atom stereocenters. The molecular weight excluding hydrogens is 387 g/mol. The van der Waals surface area contributed by atoms with Gasteiger partial charge in [-0.05, 0) is 64.0 Å². The van der Waals surface area contributed by atoms with Crippen molar-refractivity contribution in [1.29, 1.82) is 0 Å². The van der Waals surface area contributed by atoms with Gasteiger partial charge in [0, 0.05) is 11.1 Å². The van der Waals surface area contributed by atoms with Gasteiger partial charge in [-0.25, -0.2) is 4.39 Å². The van der Waals surface area contributed by atoms with E-state index in [2.05, 4.69) is 31.9 Å². The Labute approximate surface area is 135 Å². The van der Waals surface area contributed by atoms with Crippen LogP contribution in [0.15, 0.2) is 51.4 Å². The molecule has 2 aromatic carbocycles. The average Bonchev–Trinajstić information content (AvgIpc) is 2.45. The quantitative estimate of drug-likeness (QED) is 0.766. The first-order valence-corrected chi connectivity index (χ1v) is 7.97. The summed E-state index contributed by atoms with van der Waals surface area (Å²) in [4.78, 5) is 0. The van der Waals surface area contributed by atoms with Crippen LogP contribution in [-0.4, -0.2) is 11.7 Å². The Balaban J connectivity index is 2.09. The molecular formula is C16H15Br2FO. The van der Waals surface area contributed by atoms with E-state index in [9.17, 15) is 9.50 Å². The zero-order chi connectivity index (χ0) is 14.5. The number of hydrogen-bond acceptors (Lipinski definition) is 1. The van der Waals surface area contributed by atoms with Crippen LogP contribution in [0.5, 0.6) is 0 Å². The zero-order valence-corrected chi connectivity index (χ0v) is 14.0. The number of rotatable bonds is 5. The van der Waals surface area contributed by atoms with Crippen LogP contribution in [0.4, 0.5) is 4.39 Å². The first-order valence-electron chi connectivity index (χ1n) is 6.38. The molecule has 0 aromatic heterocycles. The summed E-state index contributed by atoms with van der Waals surface area (Å²) in [5, 5.41) is 9.55. The lowest BCUT2D eigenvalue weighted by Crippen LogP contribution is -2.13. The van der Waals surface area contributed by atoms with Crippen molar-refractivity contribution >= 4 is 31.9 Å². The summed E-state index contributed by atoms with van der Waals surface area (Å²) in [5.74, 6) is -0.183. The van der Waals surface area contributed by atoms with Gasteiger partial charge in [0.2, 0.25) is 0 Å². The fourth-order valence-corrected chi connectivity index (χ4v) is 2.86. The first-order chi connectivity index (χ1) is 9.60. The van der Waals surface area contributed by atoms with Gasteiger partial charge in [0.05, 0.1) is 4.47 Å².